The molecule has 0 aliphatic carbocycles. The Kier molecular flexibility index (Phi) is 4.94. The van der Waals surface area contributed by atoms with Gasteiger partial charge in [0.25, 0.3) is 11.8 Å². The van der Waals surface area contributed by atoms with Crippen LogP contribution in [0.4, 0.5) is 0 Å². The summed E-state index contributed by atoms with van der Waals surface area (Å²) in [7, 11) is 1.95. The number of benzene rings is 1. The van der Waals surface area contributed by atoms with Crippen LogP contribution in [0.25, 0.3) is 0 Å². The first-order valence-electron chi connectivity index (χ1n) is 8.49. The molecule has 0 bridgehead atoms. The van der Waals surface area contributed by atoms with E-state index in [1.165, 1.54) is 0 Å². The molecule has 6 nitrogen and oxygen atoms in total. The van der Waals surface area contributed by atoms with Crippen LogP contribution in [0.5, 0.6) is 0 Å². The van der Waals surface area contributed by atoms with Crippen molar-refractivity contribution >= 4 is 17.7 Å². The highest BCUT2D eigenvalue weighted by atomic mass is 16.2. The molecule has 3 rings (SSSR count). The summed E-state index contributed by atoms with van der Waals surface area (Å²) in [6.45, 7) is 2.24. The Labute approximate surface area is 141 Å². The fourth-order valence-corrected chi connectivity index (χ4v) is 3.44. The summed E-state index contributed by atoms with van der Waals surface area (Å²) >= 11 is 0. The molecule has 0 saturated carbocycles. The summed E-state index contributed by atoms with van der Waals surface area (Å²) in [5.74, 6) is -0.238. The fraction of sp³-hybridized carbons (Fsp3) is 0.500. The molecular weight excluding hydrogens is 306 g/mol. The van der Waals surface area contributed by atoms with Gasteiger partial charge in [-0.15, -0.1) is 0 Å². The van der Waals surface area contributed by atoms with Crippen molar-refractivity contribution in [3.63, 3.8) is 0 Å². The van der Waals surface area contributed by atoms with Crippen molar-refractivity contribution in [2.45, 2.75) is 19.3 Å². The lowest BCUT2D eigenvalue weighted by atomic mass is 9.93. The van der Waals surface area contributed by atoms with E-state index < -0.39 is 0 Å². The average molecular weight is 329 g/mol. The number of fused-ring (bicyclic) bond motifs is 1. The van der Waals surface area contributed by atoms with Crippen LogP contribution < -0.4 is 5.32 Å². The number of hydrogen-bond acceptors (Lipinski definition) is 4. The second-order valence-electron chi connectivity index (χ2n) is 6.46. The SMILES string of the molecule is CNCCC1CCN(C(=O)CN2C(=O)c3ccccc3C2=O)CC1. The molecular formula is C18H23N3O3. The number of hydrogen-bond donors (Lipinski definition) is 1. The third-order valence-corrected chi connectivity index (χ3v) is 4.94. The van der Waals surface area contributed by atoms with Crippen LogP contribution in [-0.2, 0) is 4.79 Å². The largest absolute Gasteiger partial charge is 0.341 e. The molecule has 0 atom stereocenters. The Bertz CT molecular complexity index is 616. The molecule has 128 valence electrons. The monoisotopic (exact) mass is 329 g/mol. The second kappa shape index (κ2) is 7.13. The topological polar surface area (TPSA) is 69.7 Å². The first kappa shape index (κ1) is 16.6. The highest BCUT2D eigenvalue weighted by Crippen LogP contribution is 2.24. The third kappa shape index (κ3) is 3.19. The minimum absolute atomic E-state index is 0.142. The summed E-state index contributed by atoms with van der Waals surface area (Å²) in [5, 5.41) is 3.15. The highest BCUT2D eigenvalue weighted by molar-refractivity contribution is 6.22. The summed E-state index contributed by atoms with van der Waals surface area (Å²) in [6, 6.07) is 6.72. The number of piperidine rings is 1. The molecule has 2 heterocycles. The summed E-state index contributed by atoms with van der Waals surface area (Å²) in [5.41, 5.74) is 0.780. The van der Waals surface area contributed by atoms with Crippen molar-refractivity contribution in [2.75, 3.05) is 33.2 Å². The van der Waals surface area contributed by atoms with Gasteiger partial charge in [0.1, 0.15) is 6.54 Å². The predicted molar refractivity (Wildman–Crippen MR) is 89.7 cm³/mol. The van der Waals surface area contributed by atoms with E-state index >= 15 is 0 Å². The molecule has 3 amide bonds. The van der Waals surface area contributed by atoms with Gasteiger partial charge in [-0.2, -0.15) is 0 Å². The average Bonchev–Trinajstić information content (AvgIpc) is 2.85. The molecule has 0 unspecified atom stereocenters. The Morgan fingerprint density at radius 1 is 1.12 bits per heavy atom. The molecule has 0 radical (unpaired) electrons. The van der Waals surface area contributed by atoms with Gasteiger partial charge in [-0.1, -0.05) is 12.1 Å². The van der Waals surface area contributed by atoms with Gasteiger partial charge in [-0.25, -0.2) is 0 Å². The van der Waals surface area contributed by atoms with Gasteiger partial charge in [0, 0.05) is 13.1 Å². The number of imide groups is 1. The summed E-state index contributed by atoms with van der Waals surface area (Å²) in [6.07, 6.45) is 3.09. The number of carbonyl (C=O) groups excluding carboxylic acids is 3. The van der Waals surface area contributed by atoms with E-state index in [0.717, 1.165) is 30.7 Å². The molecule has 1 aromatic rings. The lowest BCUT2D eigenvalue weighted by Gasteiger charge is -2.32. The van der Waals surface area contributed by atoms with E-state index in [1.807, 2.05) is 7.05 Å². The summed E-state index contributed by atoms with van der Waals surface area (Å²) in [4.78, 5) is 40.0. The molecule has 0 aromatic heterocycles. The number of nitrogens with zero attached hydrogens (tertiary/aromatic N) is 2. The molecule has 2 aliphatic rings. The maximum absolute atomic E-state index is 12.5. The standard InChI is InChI=1S/C18H23N3O3/c1-19-9-6-13-7-10-20(11-8-13)16(22)12-21-17(23)14-4-2-3-5-15(14)18(21)24/h2-5,13,19H,6-12H2,1H3. The Morgan fingerprint density at radius 3 is 2.25 bits per heavy atom. The second-order valence-corrected chi connectivity index (χ2v) is 6.46. The molecule has 6 heteroatoms. The molecule has 1 saturated heterocycles. The summed E-state index contributed by atoms with van der Waals surface area (Å²) < 4.78 is 0. The van der Waals surface area contributed by atoms with Crippen molar-refractivity contribution in [3.8, 4) is 0 Å². The van der Waals surface area contributed by atoms with Gasteiger partial charge in [-0.3, -0.25) is 19.3 Å². The number of carbonyl (C=O) groups is 3. The van der Waals surface area contributed by atoms with Gasteiger partial charge in [0.05, 0.1) is 11.1 Å². The van der Waals surface area contributed by atoms with E-state index in [9.17, 15) is 14.4 Å². The third-order valence-electron chi connectivity index (χ3n) is 4.94. The van der Waals surface area contributed by atoms with E-state index in [-0.39, 0.29) is 24.3 Å². The molecule has 1 aromatic carbocycles. The maximum atomic E-state index is 12.5. The molecule has 0 spiro atoms. The Hall–Kier alpha value is -2.21. The molecule has 2 aliphatic heterocycles. The van der Waals surface area contributed by atoms with Crippen LogP contribution in [0.15, 0.2) is 24.3 Å². The highest BCUT2D eigenvalue weighted by Gasteiger charge is 2.37. The number of amides is 3. The van der Waals surface area contributed by atoms with Gasteiger partial charge in [0.2, 0.25) is 5.91 Å². The normalized spacial score (nSPS) is 18.2. The molecule has 1 N–H and O–H groups in total. The first-order chi connectivity index (χ1) is 11.6. The maximum Gasteiger partial charge on any atom is 0.262 e. The van der Waals surface area contributed by atoms with Crippen molar-refractivity contribution in [1.29, 1.82) is 0 Å². The number of nitrogens with one attached hydrogen (secondary N) is 1. The van der Waals surface area contributed by atoms with Gasteiger partial charge < -0.3 is 10.2 Å². The quantitative estimate of drug-likeness (QED) is 0.822. The van der Waals surface area contributed by atoms with Gasteiger partial charge in [-0.05, 0) is 50.9 Å². The van der Waals surface area contributed by atoms with Gasteiger partial charge in [0.15, 0.2) is 0 Å². The van der Waals surface area contributed by atoms with Crippen LogP contribution in [0, 0.1) is 5.92 Å². The van der Waals surface area contributed by atoms with Crippen LogP contribution in [0.2, 0.25) is 0 Å². The Morgan fingerprint density at radius 2 is 1.71 bits per heavy atom. The number of likely N-dealkylation sites (tertiary alicyclic amines) is 1. The predicted octanol–water partition coefficient (Wildman–Crippen LogP) is 1.13. The van der Waals surface area contributed by atoms with Crippen LogP contribution in [-0.4, -0.2) is 60.7 Å². The molecule has 24 heavy (non-hydrogen) atoms. The first-order valence-corrected chi connectivity index (χ1v) is 8.49. The zero-order valence-corrected chi connectivity index (χ0v) is 14.0. The van der Waals surface area contributed by atoms with Crippen molar-refractivity contribution in [3.05, 3.63) is 35.4 Å². The van der Waals surface area contributed by atoms with E-state index in [2.05, 4.69) is 5.32 Å². The number of rotatable bonds is 5. The van der Waals surface area contributed by atoms with Crippen LogP contribution in [0.1, 0.15) is 40.0 Å². The zero-order chi connectivity index (χ0) is 17.1. The van der Waals surface area contributed by atoms with Gasteiger partial charge >= 0.3 is 0 Å². The Balaban J connectivity index is 1.57. The fourth-order valence-electron chi connectivity index (χ4n) is 3.44. The minimum atomic E-state index is -0.368. The van der Waals surface area contributed by atoms with Crippen molar-refractivity contribution in [1.82, 2.24) is 15.1 Å². The lowest BCUT2D eigenvalue weighted by Crippen LogP contribution is -2.45. The van der Waals surface area contributed by atoms with E-state index in [1.54, 1.807) is 29.2 Å². The molecule has 1 fully saturated rings. The van der Waals surface area contributed by atoms with E-state index in [4.69, 9.17) is 0 Å². The smallest absolute Gasteiger partial charge is 0.262 e. The van der Waals surface area contributed by atoms with Crippen LogP contribution >= 0.6 is 0 Å². The minimum Gasteiger partial charge on any atom is -0.341 e. The van der Waals surface area contributed by atoms with Crippen molar-refractivity contribution < 1.29 is 14.4 Å². The van der Waals surface area contributed by atoms with E-state index in [0.29, 0.717) is 30.1 Å². The van der Waals surface area contributed by atoms with Crippen molar-refractivity contribution in [2.24, 2.45) is 5.92 Å². The lowest BCUT2D eigenvalue weighted by molar-refractivity contribution is -0.132. The van der Waals surface area contributed by atoms with Crippen LogP contribution in [0.3, 0.4) is 0 Å². The zero-order valence-electron chi connectivity index (χ0n) is 14.0.